The van der Waals surface area contributed by atoms with Crippen molar-refractivity contribution in [3.05, 3.63) is 30.5 Å². The molecule has 3 N–H and O–H groups in total. The van der Waals surface area contributed by atoms with Crippen LogP contribution in [0.5, 0.6) is 0 Å². The van der Waals surface area contributed by atoms with Crippen LogP contribution in [-0.4, -0.2) is 36.9 Å². The maximum Gasteiger partial charge on any atom is 0.241 e. The average molecular weight is 351 g/mol. The molecule has 0 aliphatic heterocycles. The quantitative estimate of drug-likeness (QED) is 0.798. The van der Waals surface area contributed by atoms with E-state index in [2.05, 4.69) is 23.7 Å². The topological polar surface area (TPSA) is 94.2 Å². The van der Waals surface area contributed by atoms with E-state index in [-0.39, 0.29) is 18.1 Å². The van der Waals surface area contributed by atoms with Crippen molar-refractivity contribution in [2.24, 2.45) is 11.7 Å². The zero-order chi connectivity index (χ0) is 17.9. The van der Waals surface area contributed by atoms with E-state index in [0.29, 0.717) is 11.6 Å². The number of sulfone groups is 1. The second kappa shape index (κ2) is 7.36. The first-order valence-electron chi connectivity index (χ1n) is 7.99. The highest BCUT2D eigenvalue weighted by Gasteiger charge is 2.16. The summed E-state index contributed by atoms with van der Waals surface area (Å²) in [5.74, 6) is 0.0750. The van der Waals surface area contributed by atoms with Gasteiger partial charge in [-0.2, -0.15) is 0 Å². The van der Waals surface area contributed by atoms with Gasteiger partial charge in [0.2, 0.25) is 5.91 Å². The molecule has 2 rings (SSSR count). The van der Waals surface area contributed by atoms with Crippen molar-refractivity contribution < 1.29 is 13.2 Å². The minimum absolute atomic E-state index is 0.0985. The number of carbonyl (C=O) groups is 1. The Morgan fingerprint density at radius 2 is 2.00 bits per heavy atom. The fourth-order valence-corrected chi connectivity index (χ4v) is 3.22. The summed E-state index contributed by atoms with van der Waals surface area (Å²) in [6.07, 6.45) is 3.28. The SMILES string of the molecule is CC(C)Cn1ccc2cc(NC(=O)C(N)CCS(C)(=O)=O)ccc21. The fourth-order valence-electron chi connectivity index (χ4n) is 2.54. The Morgan fingerprint density at radius 1 is 1.29 bits per heavy atom. The highest BCUT2D eigenvalue weighted by Crippen LogP contribution is 2.21. The summed E-state index contributed by atoms with van der Waals surface area (Å²) in [7, 11) is -3.12. The largest absolute Gasteiger partial charge is 0.347 e. The number of rotatable bonds is 7. The number of hydrogen-bond donors (Lipinski definition) is 2. The molecule has 7 heteroatoms. The first-order chi connectivity index (χ1) is 11.2. The van der Waals surface area contributed by atoms with Gasteiger partial charge in [0.25, 0.3) is 0 Å². The first kappa shape index (κ1) is 18.5. The lowest BCUT2D eigenvalue weighted by atomic mass is 10.2. The van der Waals surface area contributed by atoms with Crippen LogP contribution in [0.4, 0.5) is 5.69 Å². The molecule has 0 saturated heterocycles. The Labute approximate surface area is 142 Å². The van der Waals surface area contributed by atoms with E-state index in [4.69, 9.17) is 5.73 Å². The van der Waals surface area contributed by atoms with Gasteiger partial charge in [-0.05, 0) is 36.6 Å². The second-order valence-corrected chi connectivity index (χ2v) is 8.91. The summed E-state index contributed by atoms with van der Waals surface area (Å²) in [4.78, 5) is 12.1. The number of carbonyl (C=O) groups excluding carboxylic acids is 1. The van der Waals surface area contributed by atoms with Crippen molar-refractivity contribution in [1.29, 1.82) is 0 Å². The van der Waals surface area contributed by atoms with Crippen LogP contribution < -0.4 is 11.1 Å². The molecule has 0 spiro atoms. The molecular weight excluding hydrogens is 326 g/mol. The predicted molar refractivity (Wildman–Crippen MR) is 97.7 cm³/mol. The van der Waals surface area contributed by atoms with Gasteiger partial charge in [0.05, 0.1) is 11.8 Å². The molecule has 1 aromatic heterocycles. The molecule has 1 unspecified atom stereocenters. The Kier molecular flexibility index (Phi) is 5.66. The zero-order valence-corrected chi connectivity index (χ0v) is 15.1. The Hall–Kier alpha value is -1.86. The van der Waals surface area contributed by atoms with Gasteiger partial charge in [0.15, 0.2) is 0 Å². The molecular formula is C17H25N3O3S. The highest BCUT2D eigenvalue weighted by atomic mass is 32.2. The Balaban J connectivity index is 2.06. The lowest BCUT2D eigenvalue weighted by Gasteiger charge is -2.12. The van der Waals surface area contributed by atoms with Gasteiger partial charge in [-0.15, -0.1) is 0 Å². The first-order valence-corrected chi connectivity index (χ1v) is 10.0. The van der Waals surface area contributed by atoms with Gasteiger partial charge in [0, 0.05) is 35.6 Å². The van der Waals surface area contributed by atoms with Crippen molar-refractivity contribution in [2.75, 3.05) is 17.3 Å². The van der Waals surface area contributed by atoms with Gasteiger partial charge in [-0.25, -0.2) is 8.42 Å². The van der Waals surface area contributed by atoms with E-state index in [0.717, 1.165) is 23.7 Å². The Morgan fingerprint density at radius 3 is 2.62 bits per heavy atom. The van der Waals surface area contributed by atoms with Crippen LogP contribution in [0.25, 0.3) is 10.9 Å². The predicted octanol–water partition coefficient (Wildman–Crippen LogP) is 2.00. The molecule has 1 amide bonds. The van der Waals surface area contributed by atoms with Crippen LogP contribution in [0, 0.1) is 5.92 Å². The number of fused-ring (bicyclic) bond motifs is 1. The third kappa shape index (κ3) is 5.07. The second-order valence-electron chi connectivity index (χ2n) is 6.65. The van der Waals surface area contributed by atoms with Crippen LogP contribution in [0.3, 0.4) is 0 Å². The van der Waals surface area contributed by atoms with E-state index in [1.54, 1.807) is 0 Å². The number of anilines is 1. The normalized spacial score (nSPS) is 13.4. The average Bonchev–Trinajstić information content (AvgIpc) is 2.85. The molecule has 0 saturated carbocycles. The molecule has 1 heterocycles. The van der Waals surface area contributed by atoms with Crippen LogP contribution in [0.1, 0.15) is 20.3 Å². The van der Waals surface area contributed by atoms with Crippen molar-refractivity contribution in [2.45, 2.75) is 32.9 Å². The maximum atomic E-state index is 12.1. The summed E-state index contributed by atoms with van der Waals surface area (Å²) in [5, 5.41) is 3.79. The van der Waals surface area contributed by atoms with Crippen LogP contribution in [-0.2, 0) is 21.2 Å². The van der Waals surface area contributed by atoms with E-state index in [9.17, 15) is 13.2 Å². The van der Waals surface area contributed by atoms with Gasteiger partial charge < -0.3 is 15.6 Å². The number of aromatic nitrogens is 1. The summed E-state index contributed by atoms with van der Waals surface area (Å²) >= 11 is 0. The summed E-state index contributed by atoms with van der Waals surface area (Å²) in [5.41, 5.74) is 7.53. The summed E-state index contributed by atoms with van der Waals surface area (Å²) in [6.45, 7) is 5.27. The number of nitrogens with two attached hydrogens (primary N) is 1. The molecule has 1 atom stereocenters. The molecule has 0 fully saturated rings. The molecule has 0 bridgehead atoms. The van der Waals surface area contributed by atoms with Crippen molar-refractivity contribution in [3.63, 3.8) is 0 Å². The molecule has 0 aliphatic carbocycles. The Bertz CT molecular complexity index is 825. The minimum atomic E-state index is -3.12. The smallest absolute Gasteiger partial charge is 0.241 e. The van der Waals surface area contributed by atoms with Gasteiger partial charge >= 0.3 is 0 Å². The van der Waals surface area contributed by atoms with E-state index in [1.807, 2.05) is 30.5 Å². The monoisotopic (exact) mass is 351 g/mol. The molecule has 132 valence electrons. The number of nitrogens with zero attached hydrogens (tertiary/aromatic N) is 1. The molecule has 1 aromatic carbocycles. The number of hydrogen-bond acceptors (Lipinski definition) is 4. The molecule has 6 nitrogen and oxygen atoms in total. The number of benzene rings is 1. The number of nitrogens with one attached hydrogen (secondary N) is 1. The zero-order valence-electron chi connectivity index (χ0n) is 14.3. The fraction of sp³-hybridized carbons (Fsp3) is 0.471. The number of amides is 1. The van der Waals surface area contributed by atoms with Gasteiger partial charge in [-0.1, -0.05) is 13.8 Å². The third-order valence-corrected chi connectivity index (χ3v) is 4.71. The lowest BCUT2D eigenvalue weighted by molar-refractivity contribution is -0.117. The highest BCUT2D eigenvalue weighted by molar-refractivity contribution is 7.90. The van der Waals surface area contributed by atoms with Crippen LogP contribution >= 0.6 is 0 Å². The van der Waals surface area contributed by atoms with Crippen molar-refractivity contribution in [1.82, 2.24) is 4.57 Å². The lowest BCUT2D eigenvalue weighted by Crippen LogP contribution is -2.37. The van der Waals surface area contributed by atoms with E-state index >= 15 is 0 Å². The summed E-state index contributed by atoms with van der Waals surface area (Å²) < 4.78 is 24.5. The van der Waals surface area contributed by atoms with Crippen LogP contribution in [0.15, 0.2) is 30.5 Å². The maximum absolute atomic E-state index is 12.1. The minimum Gasteiger partial charge on any atom is -0.347 e. The standard InChI is InChI=1S/C17H25N3O3S/c1-12(2)11-20-8-6-13-10-14(4-5-16(13)20)19-17(21)15(18)7-9-24(3,22)23/h4-6,8,10,12,15H,7,9,11,18H2,1-3H3,(H,19,21). The molecule has 0 aliphatic rings. The van der Waals surface area contributed by atoms with Gasteiger partial charge in [-0.3, -0.25) is 4.79 Å². The van der Waals surface area contributed by atoms with Gasteiger partial charge in [0.1, 0.15) is 9.84 Å². The summed E-state index contributed by atoms with van der Waals surface area (Å²) in [6, 6.07) is 6.86. The van der Waals surface area contributed by atoms with E-state index < -0.39 is 15.9 Å². The third-order valence-electron chi connectivity index (χ3n) is 3.74. The molecule has 24 heavy (non-hydrogen) atoms. The molecule has 0 radical (unpaired) electrons. The molecule has 2 aromatic rings. The van der Waals surface area contributed by atoms with E-state index in [1.165, 1.54) is 0 Å². The van der Waals surface area contributed by atoms with Crippen molar-refractivity contribution >= 4 is 32.3 Å². The van der Waals surface area contributed by atoms with Crippen molar-refractivity contribution in [3.8, 4) is 0 Å². The van der Waals surface area contributed by atoms with Crippen LogP contribution in [0.2, 0.25) is 0 Å².